The van der Waals surface area contributed by atoms with Crippen molar-refractivity contribution in [3.63, 3.8) is 0 Å². The minimum atomic E-state index is -0.143. The van der Waals surface area contributed by atoms with Gasteiger partial charge in [-0.25, -0.2) is 4.98 Å². The zero-order valence-corrected chi connectivity index (χ0v) is 22.3. The van der Waals surface area contributed by atoms with Crippen LogP contribution in [0.4, 0.5) is 5.82 Å². The van der Waals surface area contributed by atoms with Crippen molar-refractivity contribution in [2.45, 2.75) is 7.43 Å². The quantitative estimate of drug-likeness (QED) is 0.365. The lowest BCUT2D eigenvalue weighted by Crippen LogP contribution is -2.49. The molecule has 5 heterocycles. The van der Waals surface area contributed by atoms with Crippen LogP contribution in [0.15, 0.2) is 53.5 Å². The fraction of sp³-hybridized carbons (Fsp3) is 0.414. The first kappa shape index (κ1) is 27.1. The normalized spacial score (nSPS) is 16.4. The minimum Gasteiger partial charge on any atom is -0.490 e. The second kappa shape index (κ2) is 11.7. The molecular formula is C29H35N5O4S. The number of morpholine rings is 1. The topological polar surface area (TPSA) is 80.1 Å². The van der Waals surface area contributed by atoms with Gasteiger partial charge < -0.3 is 23.8 Å². The number of thiophene rings is 1. The molecule has 39 heavy (non-hydrogen) atoms. The van der Waals surface area contributed by atoms with Gasteiger partial charge in [0.05, 0.1) is 23.4 Å². The van der Waals surface area contributed by atoms with Crippen LogP contribution >= 0.6 is 11.3 Å². The van der Waals surface area contributed by atoms with Gasteiger partial charge in [-0.3, -0.25) is 14.5 Å². The van der Waals surface area contributed by atoms with E-state index in [1.165, 1.54) is 11.3 Å². The van der Waals surface area contributed by atoms with Gasteiger partial charge in [0, 0.05) is 64.4 Å². The molecule has 4 aromatic rings. The van der Waals surface area contributed by atoms with Gasteiger partial charge in [-0.2, -0.15) is 0 Å². The van der Waals surface area contributed by atoms with E-state index in [4.69, 9.17) is 9.47 Å². The molecule has 9 nitrogen and oxygen atoms in total. The van der Waals surface area contributed by atoms with E-state index in [1.54, 1.807) is 17.8 Å². The van der Waals surface area contributed by atoms with E-state index in [1.807, 2.05) is 47.4 Å². The highest BCUT2D eigenvalue weighted by atomic mass is 32.1. The molecule has 6 rings (SSSR count). The number of aromatic nitrogens is 2. The van der Waals surface area contributed by atoms with E-state index in [9.17, 15) is 9.59 Å². The van der Waals surface area contributed by atoms with Crippen LogP contribution in [-0.4, -0.2) is 90.9 Å². The summed E-state index contributed by atoms with van der Waals surface area (Å²) in [5.41, 5.74) is 0.699. The highest BCUT2D eigenvalue weighted by molar-refractivity contribution is 7.22. The largest absolute Gasteiger partial charge is 0.490 e. The highest BCUT2D eigenvalue weighted by Crippen LogP contribution is 2.40. The van der Waals surface area contributed by atoms with Crippen LogP contribution in [0.1, 0.15) is 17.1 Å². The number of piperazine rings is 1. The molecular weight excluding hydrogens is 514 g/mol. The maximum atomic E-state index is 13.9. The van der Waals surface area contributed by atoms with Crippen LogP contribution in [0.2, 0.25) is 0 Å². The van der Waals surface area contributed by atoms with Crippen LogP contribution in [0.5, 0.6) is 5.75 Å². The summed E-state index contributed by atoms with van der Waals surface area (Å²) >= 11 is 1.37. The number of amides is 1. The van der Waals surface area contributed by atoms with Crippen molar-refractivity contribution in [3.05, 3.63) is 63.9 Å². The summed E-state index contributed by atoms with van der Waals surface area (Å²) < 4.78 is 14.2. The van der Waals surface area contributed by atoms with Crippen LogP contribution < -0.4 is 15.2 Å². The van der Waals surface area contributed by atoms with Crippen molar-refractivity contribution in [1.29, 1.82) is 0 Å². The standard InChI is InChI=1S/C28H31N5O4S.CH4/c1-30-21-7-3-2-6-20(21)25-23(27(30)34)24(37-19-16-31-14-17-36-18-15-31)26(38-25)28(35)33-12-10-32(11-13-33)22-8-4-5-9-29-22;/h2-9H,10-19H2,1H3;1H4. The van der Waals surface area contributed by atoms with Gasteiger partial charge in [0.1, 0.15) is 22.7 Å². The molecule has 0 saturated carbocycles. The van der Waals surface area contributed by atoms with E-state index < -0.39 is 0 Å². The zero-order chi connectivity index (χ0) is 26.1. The molecule has 1 amide bonds. The van der Waals surface area contributed by atoms with Crippen LogP contribution in [0.3, 0.4) is 0 Å². The molecule has 2 fully saturated rings. The number of hydrogen-bond donors (Lipinski definition) is 0. The number of rotatable bonds is 6. The van der Waals surface area contributed by atoms with Crippen molar-refractivity contribution < 1.29 is 14.3 Å². The third-order valence-corrected chi connectivity index (χ3v) is 8.58. The van der Waals surface area contributed by atoms with E-state index in [0.717, 1.165) is 34.5 Å². The van der Waals surface area contributed by atoms with Gasteiger partial charge >= 0.3 is 0 Å². The molecule has 0 spiro atoms. The van der Waals surface area contributed by atoms with E-state index in [-0.39, 0.29) is 18.9 Å². The summed E-state index contributed by atoms with van der Waals surface area (Å²) in [6.45, 7) is 6.80. The first-order valence-electron chi connectivity index (χ1n) is 13.0. The fourth-order valence-electron chi connectivity index (χ4n) is 5.24. The number of carbonyl (C=O) groups is 1. The third-order valence-electron chi connectivity index (χ3n) is 7.39. The average molecular weight is 550 g/mol. The zero-order valence-electron chi connectivity index (χ0n) is 21.5. The number of benzene rings is 1. The Bertz CT molecular complexity index is 1510. The smallest absolute Gasteiger partial charge is 0.267 e. The minimum absolute atomic E-state index is 0. The summed E-state index contributed by atoms with van der Waals surface area (Å²) in [5.74, 6) is 1.25. The van der Waals surface area contributed by atoms with Crippen molar-refractivity contribution in [2.75, 3.05) is 70.5 Å². The summed E-state index contributed by atoms with van der Waals surface area (Å²) in [5, 5.41) is 1.44. The number of hydrogen-bond acceptors (Lipinski definition) is 8. The predicted molar refractivity (Wildman–Crippen MR) is 156 cm³/mol. The Balaban J connectivity index is 0.00000308. The number of pyridine rings is 2. The van der Waals surface area contributed by atoms with E-state index in [0.29, 0.717) is 68.6 Å². The lowest BCUT2D eigenvalue weighted by molar-refractivity contribution is 0.0323. The SMILES string of the molecule is C.Cn1c(=O)c2c(OCCN3CCOCC3)c(C(=O)N3CCN(c4ccccn4)CC3)sc2c2ccccc21. The first-order valence-corrected chi connectivity index (χ1v) is 13.9. The molecule has 10 heteroatoms. The van der Waals surface area contributed by atoms with Gasteiger partial charge in [0.25, 0.3) is 11.5 Å². The molecule has 2 aliphatic rings. The molecule has 0 unspecified atom stereocenters. The molecule has 0 bridgehead atoms. The number of nitrogens with zero attached hydrogens (tertiary/aromatic N) is 5. The summed E-state index contributed by atoms with van der Waals surface area (Å²) in [4.78, 5) is 38.8. The Hall–Kier alpha value is -3.47. The van der Waals surface area contributed by atoms with Crippen molar-refractivity contribution in [2.24, 2.45) is 7.05 Å². The first-order chi connectivity index (χ1) is 18.6. The predicted octanol–water partition coefficient (Wildman–Crippen LogP) is 3.46. The summed E-state index contributed by atoms with van der Waals surface area (Å²) in [6, 6.07) is 13.7. The van der Waals surface area contributed by atoms with Crippen LogP contribution in [0.25, 0.3) is 21.0 Å². The number of aryl methyl sites for hydroxylation is 1. The lowest BCUT2D eigenvalue weighted by atomic mass is 10.1. The molecule has 0 N–H and O–H groups in total. The molecule has 2 saturated heterocycles. The van der Waals surface area contributed by atoms with Gasteiger partial charge in [-0.05, 0) is 18.2 Å². The van der Waals surface area contributed by atoms with Crippen molar-refractivity contribution in [1.82, 2.24) is 19.4 Å². The van der Waals surface area contributed by atoms with Crippen molar-refractivity contribution >= 4 is 44.1 Å². The Morgan fingerprint density at radius 3 is 2.51 bits per heavy atom. The second-order valence-corrected chi connectivity index (χ2v) is 10.6. The number of carbonyl (C=O) groups excluding carboxylic acids is 1. The Morgan fingerprint density at radius 1 is 1.03 bits per heavy atom. The Labute approximate surface area is 232 Å². The molecule has 0 radical (unpaired) electrons. The highest BCUT2D eigenvalue weighted by Gasteiger charge is 2.30. The van der Waals surface area contributed by atoms with Crippen LogP contribution in [0, 0.1) is 0 Å². The molecule has 0 atom stereocenters. The number of ether oxygens (including phenoxy) is 2. The Kier molecular flexibility index (Phi) is 8.15. The lowest BCUT2D eigenvalue weighted by Gasteiger charge is -2.35. The summed E-state index contributed by atoms with van der Waals surface area (Å²) in [6.07, 6.45) is 1.79. The van der Waals surface area contributed by atoms with E-state index in [2.05, 4.69) is 14.8 Å². The molecule has 3 aromatic heterocycles. The Morgan fingerprint density at radius 2 is 1.77 bits per heavy atom. The molecule has 2 aliphatic heterocycles. The monoisotopic (exact) mass is 549 g/mol. The molecule has 206 valence electrons. The second-order valence-electron chi connectivity index (χ2n) is 9.62. The van der Waals surface area contributed by atoms with Gasteiger partial charge in [0.15, 0.2) is 5.75 Å². The van der Waals surface area contributed by atoms with Gasteiger partial charge in [0.2, 0.25) is 0 Å². The maximum Gasteiger partial charge on any atom is 0.267 e. The summed E-state index contributed by atoms with van der Waals surface area (Å²) in [7, 11) is 1.78. The molecule has 1 aromatic carbocycles. The maximum absolute atomic E-state index is 13.9. The van der Waals surface area contributed by atoms with E-state index >= 15 is 0 Å². The number of fused-ring (bicyclic) bond motifs is 3. The number of anilines is 1. The van der Waals surface area contributed by atoms with Gasteiger partial charge in [-0.15, -0.1) is 11.3 Å². The third kappa shape index (κ3) is 5.24. The van der Waals surface area contributed by atoms with Crippen LogP contribution in [-0.2, 0) is 11.8 Å². The van der Waals surface area contributed by atoms with Crippen molar-refractivity contribution in [3.8, 4) is 5.75 Å². The molecule has 0 aliphatic carbocycles. The number of para-hydroxylation sites is 1. The fourth-order valence-corrected chi connectivity index (χ4v) is 6.48. The average Bonchev–Trinajstić information content (AvgIpc) is 3.36. The van der Waals surface area contributed by atoms with Gasteiger partial charge in [-0.1, -0.05) is 31.7 Å².